The minimum absolute atomic E-state index is 0.0141. The highest BCUT2D eigenvalue weighted by molar-refractivity contribution is 6.14. The van der Waals surface area contributed by atoms with E-state index < -0.39 is 28.9 Å². The van der Waals surface area contributed by atoms with E-state index in [9.17, 15) is 22.4 Å². The lowest BCUT2D eigenvalue weighted by Crippen LogP contribution is -2.13. The molecule has 1 aliphatic rings. The van der Waals surface area contributed by atoms with Crippen molar-refractivity contribution in [1.29, 1.82) is 0 Å². The number of nitrogens with two attached hydrogens (primary N) is 1. The number of anilines is 1. The molecule has 1 aliphatic carbocycles. The number of carbonyl (C=O) groups is 1. The molecule has 0 fully saturated rings. The number of carbonyl (C=O) groups excluding carboxylic acids is 1. The van der Waals surface area contributed by atoms with Crippen molar-refractivity contribution in [3.8, 4) is 0 Å². The molecule has 1 heterocycles. The predicted molar refractivity (Wildman–Crippen MR) is 92.1 cm³/mol. The summed E-state index contributed by atoms with van der Waals surface area (Å²) in [5.74, 6) is -2.98. The first-order valence-electron chi connectivity index (χ1n) is 8.51. The summed E-state index contributed by atoms with van der Waals surface area (Å²) in [6.07, 6.45) is -1.02. The molecule has 2 aromatic carbocycles. The summed E-state index contributed by atoms with van der Waals surface area (Å²) < 4.78 is 58.6. The molecule has 0 unspecified atom stereocenters. The van der Waals surface area contributed by atoms with E-state index in [-0.39, 0.29) is 11.4 Å². The molecule has 1 aromatic heterocycles. The van der Waals surface area contributed by atoms with Gasteiger partial charge in [-0.3, -0.25) is 4.79 Å². The topological polar surface area (TPSA) is 56.2 Å². The van der Waals surface area contributed by atoms with E-state index in [4.69, 9.17) is 10.2 Å². The number of ketones is 1. The average molecular weight is 377 g/mol. The highest BCUT2D eigenvalue weighted by Crippen LogP contribution is 2.36. The summed E-state index contributed by atoms with van der Waals surface area (Å²) in [5, 5.41) is 0.520. The number of halogens is 4. The van der Waals surface area contributed by atoms with Crippen molar-refractivity contribution in [1.82, 2.24) is 0 Å². The van der Waals surface area contributed by atoms with Gasteiger partial charge in [0, 0.05) is 5.39 Å². The lowest BCUT2D eigenvalue weighted by molar-refractivity contribution is -0.140. The fourth-order valence-corrected chi connectivity index (χ4v) is 3.56. The zero-order valence-electron chi connectivity index (χ0n) is 14.1. The standard InChI is InChI=1S/C20H15F4NO2/c21-16-12(6-3-7-14(16)20(22,23)24)18(26)19-17(25)13-8-10-4-1-2-5-11(10)9-15(13)27-19/h3,6-9H,1-2,4-5,25H2. The van der Waals surface area contributed by atoms with Gasteiger partial charge < -0.3 is 10.2 Å². The van der Waals surface area contributed by atoms with Crippen LogP contribution in [0.3, 0.4) is 0 Å². The van der Waals surface area contributed by atoms with E-state index in [2.05, 4.69) is 0 Å². The second kappa shape index (κ2) is 6.11. The van der Waals surface area contributed by atoms with Crippen LogP contribution in [-0.2, 0) is 19.0 Å². The molecule has 0 radical (unpaired) electrons. The van der Waals surface area contributed by atoms with Crippen LogP contribution in [0.4, 0.5) is 23.2 Å². The molecule has 3 aromatic rings. The van der Waals surface area contributed by atoms with Crippen LogP contribution in [0.1, 0.15) is 45.7 Å². The maximum Gasteiger partial charge on any atom is 0.419 e. The maximum atomic E-state index is 14.3. The van der Waals surface area contributed by atoms with Gasteiger partial charge in [-0.1, -0.05) is 6.07 Å². The van der Waals surface area contributed by atoms with Crippen LogP contribution in [-0.4, -0.2) is 5.78 Å². The van der Waals surface area contributed by atoms with E-state index in [0.29, 0.717) is 17.0 Å². The number of furan rings is 1. The Morgan fingerprint density at radius 2 is 1.74 bits per heavy atom. The smallest absolute Gasteiger partial charge is 0.419 e. The van der Waals surface area contributed by atoms with Crippen molar-refractivity contribution >= 4 is 22.4 Å². The Balaban J connectivity index is 1.83. The fraction of sp³-hybridized carbons (Fsp3) is 0.250. The van der Waals surface area contributed by atoms with Crippen molar-refractivity contribution in [2.75, 3.05) is 5.73 Å². The summed E-state index contributed by atoms with van der Waals surface area (Å²) in [7, 11) is 0. The highest BCUT2D eigenvalue weighted by atomic mass is 19.4. The molecule has 7 heteroatoms. The van der Waals surface area contributed by atoms with Crippen LogP contribution >= 0.6 is 0 Å². The van der Waals surface area contributed by atoms with Crippen LogP contribution in [0.25, 0.3) is 11.0 Å². The molecule has 0 aliphatic heterocycles. The first-order valence-corrected chi connectivity index (χ1v) is 8.51. The Kier molecular flexibility index (Phi) is 3.98. The first kappa shape index (κ1) is 17.6. The van der Waals surface area contributed by atoms with E-state index in [1.165, 1.54) is 0 Å². The molecule has 140 valence electrons. The fourth-order valence-electron chi connectivity index (χ4n) is 3.56. The largest absolute Gasteiger partial charge is 0.450 e. The molecule has 0 atom stereocenters. The second-order valence-corrected chi connectivity index (χ2v) is 6.66. The number of fused-ring (bicyclic) bond motifs is 2. The lowest BCUT2D eigenvalue weighted by atomic mass is 9.90. The molecule has 27 heavy (non-hydrogen) atoms. The molecular weight excluding hydrogens is 362 g/mol. The summed E-state index contributed by atoms with van der Waals surface area (Å²) in [5.41, 5.74) is 6.41. The van der Waals surface area contributed by atoms with Gasteiger partial charge in [0.2, 0.25) is 5.78 Å². The minimum Gasteiger partial charge on any atom is -0.450 e. The quantitative estimate of drug-likeness (QED) is 0.488. The zero-order chi connectivity index (χ0) is 19.3. The number of hydrogen-bond donors (Lipinski definition) is 1. The van der Waals surface area contributed by atoms with Gasteiger partial charge in [0.1, 0.15) is 11.4 Å². The monoisotopic (exact) mass is 377 g/mol. The Bertz CT molecular complexity index is 1070. The Morgan fingerprint density at radius 3 is 2.41 bits per heavy atom. The second-order valence-electron chi connectivity index (χ2n) is 6.66. The SMILES string of the molecule is Nc1c(C(=O)c2cccc(C(F)(F)F)c2F)oc2cc3c(cc12)CCCC3. The molecule has 0 saturated carbocycles. The van der Waals surface area contributed by atoms with Crippen molar-refractivity contribution in [2.24, 2.45) is 0 Å². The number of alkyl halides is 3. The van der Waals surface area contributed by atoms with Crippen molar-refractivity contribution in [2.45, 2.75) is 31.9 Å². The number of aryl methyl sites for hydroxylation is 2. The first-order chi connectivity index (χ1) is 12.8. The van der Waals surface area contributed by atoms with Crippen LogP contribution in [0.15, 0.2) is 34.7 Å². The molecule has 2 N–H and O–H groups in total. The van der Waals surface area contributed by atoms with Crippen LogP contribution < -0.4 is 5.73 Å². The summed E-state index contributed by atoms with van der Waals surface area (Å²) in [6, 6.07) is 6.21. The summed E-state index contributed by atoms with van der Waals surface area (Å²) in [4.78, 5) is 12.7. The third-order valence-corrected chi connectivity index (χ3v) is 4.95. The Labute approximate surface area is 151 Å². The van der Waals surface area contributed by atoms with Gasteiger partial charge in [-0.05, 0) is 61.1 Å². The maximum absolute atomic E-state index is 14.3. The molecule has 0 amide bonds. The number of hydrogen-bond acceptors (Lipinski definition) is 3. The molecule has 4 rings (SSSR count). The van der Waals surface area contributed by atoms with Crippen LogP contribution in [0.2, 0.25) is 0 Å². The van der Waals surface area contributed by atoms with Gasteiger partial charge in [0.25, 0.3) is 0 Å². The van der Waals surface area contributed by atoms with Crippen molar-refractivity contribution in [3.63, 3.8) is 0 Å². The predicted octanol–water partition coefficient (Wildman–Crippen LogP) is 5.28. The third-order valence-electron chi connectivity index (χ3n) is 4.95. The van der Waals surface area contributed by atoms with E-state index in [0.717, 1.165) is 48.9 Å². The summed E-state index contributed by atoms with van der Waals surface area (Å²) in [6.45, 7) is 0. The van der Waals surface area contributed by atoms with E-state index in [1.807, 2.05) is 6.07 Å². The van der Waals surface area contributed by atoms with Crippen LogP contribution in [0.5, 0.6) is 0 Å². The van der Waals surface area contributed by atoms with Gasteiger partial charge in [0.15, 0.2) is 5.76 Å². The number of benzene rings is 2. The van der Waals surface area contributed by atoms with E-state index >= 15 is 0 Å². The Morgan fingerprint density at radius 1 is 1.07 bits per heavy atom. The van der Waals surface area contributed by atoms with Crippen molar-refractivity contribution in [3.05, 3.63) is 64.2 Å². The van der Waals surface area contributed by atoms with E-state index in [1.54, 1.807) is 6.07 Å². The molecule has 0 saturated heterocycles. The van der Waals surface area contributed by atoms with Gasteiger partial charge in [-0.25, -0.2) is 4.39 Å². The Hall–Kier alpha value is -2.83. The molecule has 0 bridgehead atoms. The normalized spacial score (nSPS) is 14.4. The van der Waals surface area contributed by atoms with Crippen molar-refractivity contribution < 1.29 is 26.8 Å². The highest BCUT2D eigenvalue weighted by Gasteiger charge is 2.36. The average Bonchev–Trinajstić information content (AvgIpc) is 2.94. The van der Waals surface area contributed by atoms with Gasteiger partial charge in [-0.15, -0.1) is 0 Å². The molecule has 0 spiro atoms. The van der Waals surface area contributed by atoms with Gasteiger partial charge in [-0.2, -0.15) is 13.2 Å². The third kappa shape index (κ3) is 2.87. The van der Waals surface area contributed by atoms with Crippen LogP contribution in [0, 0.1) is 5.82 Å². The summed E-state index contributed by atoms with van der Waals surface area (Å²) >= 11 is 0. The molecular formula is C20H15F4NO2. The van der Waals surface area contributed by atoms with Gasteiger partial charge in [0.05, 0.1) is 16.8 Å². The number of rotatable bonds is 2. The lowest BCUT2D eigenvalue weighted by Gasteiger charge is -2.14. The zero-order valence-corrected chi connectivity index (χ0v) is 14.1. The molecule has 3 nitrogen and oxygen atoms in total. The van der Waals surface area contributed by atoms with Gasteiger partial charge >= 0.3 is 6.18 Å². The minimum atomic E-state index is -4.90. The number of nitrogen functional groups attached to an aromatic ring is 1.